The van der Waals surface area contributed by atoms with E-state index >= 15 is 0 Å². The number of amides is 1. The van der Waals surface area contributed by atoms with Crippen LogP contribution in [0.2, 0.25) is 0 Å². The van der Waals surface area contributed by atoms with E-state index in [4.69, 9.17) is 4.42 Å². The van der Waals surface area contributed by atoms with Gasteiger partial charge >= 0.3 is 0 Å². The van der Waals surface area contributed by atoms with E-state index in [0.29, 0.717) is 0 Å². The molecular weight excluding hydrogens is 268 g/mol. The Morgan fingerprint density at radius 2 is 1.90 bits per heavy atom. The summed E-state index contributed by atoms with van der Waals surface area (Å²) in [5, 5.41) is 3.34. The zero-order valence-electron chi connectivity index (χ0n) is 12.6. The van der Waals surface area contributed by atoms with Crippen molar-refractivity contribution in [3.8, 4) is 0 Å². The molecule has 0 aromatic carbocycles. The van der Waals surface area contributed by atoms with Crippen molar-refractivity contribution < 1.29 is 9.21 Å². The summed E-state index contributed by atoms with van der Waals surface area (Å²) in [4.78, 5) is 19.5. The molecule has 0 aliphatic carbocycles. The summed E-state index contributed by atoms with van der Waals surface area (Å²) in [6.07, 6.45) is 1.65. The van der Waals surface area contributed by atoms with Crippen LogP contribution in [0.25, 0.3) is 0 Å². The summed E-state index contributed by atoms with van der Waals surface area (Å²) < 4.78 is 5.56. The SMILES string of the molecule is CN1CCN(C(=O)C(c2ccco2)N2CCNCC2)CC1. The third kappa shape index (κ3) is 3.28. The number of hydrogen-bond acceptors (Lipinski definition) is 5. The summed E-state index contributed by atoms with van der Waals surface area (Å²) >= 11 is 0. The van der Waals surface area contributed by atoms with Crippen molar-refractivity contribution in [2.24, 2.45) is 0 Å². The Hall–Kier alpha value is -1.37. The molecule has 6 nitrogen and oxygen atoms in total. The molecule has 3 heterocycles. The molecule has 1 unspecified atom stereocenters. The summed E-state index contributed by atoms with van der Waals surface area (Å²) in [6.45, 7) is 7.10. The van der Waals surface area contributed by atoms with E-state index in [1.54, 1.807) is 6.26 Å². The van der Waals surface area contributed by atoms with Gasteiger partial charge < -0.3 is 19.5 Å². The van der Waals surface area contributed by atoms with Gasteiger partial charge in [-0.1, -0.05) is 0 Å². The van der Waals surface area contributed by atoms with Crippen molar-refractivity contribution in [1.82, 2.24) is 20.0 Å². The Bertz CT molecular complexity index is 448. The van der Waals surface area contributed by atoms with Crippen molar-refractivity contribution in [3.63, 3.8) is 0 Å². The van der Waals surface area contributed by atoms with Crippen LogP contribution in [0.1, 0.15) is 11.8 Å². The molecule has 2 aliphatic heterocycles. The fourth-order valence-electron chi connectivity index (χ4n) is 3.04. The van der Waals surface area contributed by atoms with Gasteiger partial charge in [-0.15, -0.1) is 0 Å². The van der Waals surface area contributed by atoms with E-state index < -0.39 is 0 Å². The monoisotopic (exact) mass is 292 g/mol. The van der Waals surface area contributed by atoms with Crippen molar-refractivity contribution in [1.29, 1.82) is 0 Å². The molecule has 1 atom stereocenters. The molecule has 1 N–H and O–H groups in total. The molecule has 1 amide bonds. The lowest BCUT2D eigenvalue weighted by atomic mass is 10.1. The molecule has 0 spiro atoms. The lowest BCUT2D eigenvalue weighted by Crippen LogP contribution is -2.53. The van der Waals surface area contributed by atoms with Crippen molar-refractivity contribution >= 4 is 5.91 Å². The Morgan fingerprint density at radius 3 is 2.52 bits per heavy atom. The van der Waals surface area contributed by atoms with Gasteiger partial charge in [0.2, 0.25) is 5.91 Å². The van der Waals surface area contributed by atoms with E-state index in [1.165, 1.54) is 0 Å². The van der Waals surface area contributed by atoms with Crippen LogP contribution >= 0.6 is 0 Å². The van der Waals surface area contributed by atoms with Crippen molar-refractivity contribution in [3.05, 3.63) is 24.2 Å². The van der Waals surface area contributed by atoms with Gasteiger partial charge in [0.15, 0.2) is 0 Å². The zero-order valence-corrected chi connectivity index (χ0v) is 12.6. The predicted octanol–water partition coefficient (Wildman–Crippen LogP) is -0.0001000. The van der Waals surface area contributed by atoms with Crippen LogP contribution in [-0.2, 0) is 4.79 Å². The fourth-order valence-corrected chi connectivity index (χ4v) is 3.04. The number of likely N-dealkylation sites (N-methyl/N-ethyl adjacent to an activating group) is 1. The van der Waals surface area contributed by atoms with E-state index in [9.17, 15) is 4.79 Å². The Morgan fingerprint density at radius 1 is 1.19 bits per heavy atom. The number of carbonyl (C=O) groups is 1. The highest BCUT2D eigenvalue weighted by molar-refractivity contribution is 5.82. The molecule has 6 heteroatoms. The minimum atomic E-state index is -0.273. The minimum Gasteiger partial charge on any atom is -0.467 e. The second-order valence-corrected chi connectivity index (χ2v) is 5.83. The molecular formula is C15H24N4O2. The lowest BCUT2D eigenvalue weighted by molar-refractivity contribution is -0.140. The number of hydrogen-bond donors (Lipinski definition) is 1. The van der Waals surface area contributed by atoms with Crippen LogP contribution in [0.5, 0.6) is 0 Å². The summed E-state index contributed by atoms with van der Waals surface area (Å²) in [7, 11) is 2.10. The van der Waals surface area contributed by atoms with Gasteiger partial charge in [0.1, 0.15) is 11.8 Å². The third-order valence-corrected chi connectivity index (χ3v) is 4.38. The quantitative estimate of drug-likeness (QED) is 0.850. The average molecular weight is 292 g/mol. The van der Waals surface area contributed by atoms with E-state index in [0.717, 1.165) is 58.1 Å². The molecule has 2 saturated heterocycles. The number of nitrogens with zero attached hydrogens (tertiary/aromatic N) is 3. The fraction of sp³-hybridized carbons (Fsp3) is 0.667. The van der Waals surface area contributed by atoms with Gasteiger partial charge in [0, 0.05) is 52.4 Å². The van der Waals surface area contributed by atoms with E-state index in [2.05, 4.69) is 22.2 Å². The topological polar surface area (TPSA) is 52.0 Å². The summed E-state index contributed by atoms with van der Waals surface area (Å²) in [5.41, 5.74) is 0. The molecule has 0 bridgehead atoms. The second-order valence-electron chi connectivity index (χ2n) is 5.83. The maximum Gasteiger partial charge on any atom is 0.247 e. The van der Waals surface area contributed by atoms with Crippen molar-refractivity contribution in [2.45, 2.75) is 6.04 Å². The highest BCUT2D eigenvalue weighted by Crippen LogP contribution is 2.24. The normalized spacial score (nSPS) is 23.2. The maximum absolute atomic E-state index is 13.0. The Kier molecular flexibility index (Phi) is 4.57. The molecule has 116 valence electrons. The number of carbonyl (C=O) groups excluding carboxylic acids is 1. The first-order valence-corrected chi connectivity index (χ1v) is 7.71. The minimum absolute atomic E-state index is 0.181. The number of piperazine rings is 2. The zero-order chi connectivity index (χ0) is 14.7. The van der Waals surface area contributed by atoms with Gasteiger partial charge in [-0.05, 0) is 19.2 Å². The first-order valence-electron chi connectivity index (χ1n) is 7.71. The Labute approximate surface area is 125 Å². The number of furan rings is 1. The first-order chi connectivity index (χ1) is 10.3. The second kappa shape index (κ2) is 6.60. The molecule has 2 fully saturated rings. The van der Waals surface area contributed by atoms with Gasteiger partial charge in [-0.25, -0.2) is 0 Å². The molecule has 3 rings (SSSR count). The lowest BCUT2D eigenvalue weighted by Gasteiger charge is -2.38. The summed E-state index contributed by atoms with van der Waals surface area (Å²) in [6, 6.07) is 3.51. The van der Waals surface area contributed by atoms with E-state index in [-0.39, 0.29) is 11.9 Å². The third-order valence-electron chi connectivity index (χ3n) is 4.38. The number of nitrogens with one attached hydrogen (secondary N) is 1. The van der Waals surface area contributed by atoms with Gasteiger partial charge in [-0.3, -0.25) is 9.69 Å². The van der Waals surface area contributed by atoms with Crippen LogP contribution in [-0.4, -0.2) is 80.0 Å². The molecule has 0 saturated carbocycles. The number of rotatable bonds is 3. The highest BCUT2D eigenvalue weighted by atomic mass is 16.3. The van der Waals surface area contributed by atoms with Crippen LogP contribution in [0.15, 0.2) is 22.8 Å². The molecule has 21 heavy (non-hydrogen) atoms. The molecule has 0 radical (unpaired) electrons. The average Bonchev–Trinajstić information content (AvgIpc) is 3.03. The van der Waals surface area contributed by atoms with Crippen LogP contribution in [0.4, 0.5) is 0 Å². The standard InChI is InChI=1S/C15H24N4O2/c1-17-8-10-19(11-9-17)15(20)14(13-3-2-12-21-13)18-6-4-16-5-7-18/h2-3,12,14,16H,4-11H2,1H3. The molecule has 2 aliphatic rings. The van der Waals surface area contributed by atoms with Gasteiger partial charge in [-0.2, -0.15) is 0 Å². The van der Waals surface area contributed by atoms with Crippen LogP contribution < -0.4 is 5.32 Å². The van der Waals surface area contributed by atoms with Crippen molar-refractivity contribution in [2.75, 3.05) is 59.4 Å². The smallest absolute Gasteiger partial charge is 0.247 e. The maximum atomic E-state index is 13.0. The van der Waals surface area contributed by atoms with Crippen LogP contribution in [0, 0.1) is 0 Å². The molecule has 1 aromatic heterocycles. The van der Waals surface area contributed by atoms with Gasteiger partial charge in [0.05, 0.1) is 6.26 Å². The Balaban J connectivity index is 1.76. The van der Waals surface area contributed by atoms with E-state index in [1.807, 2.05) is 17.0 Å². The predicted molar refractivity (Wildman–Crippen MR) is 80.0 cm³/mol. The molecule has 1 aromatic rings. The first kappa shape index (κ1) is 14.6. The largest absolute Gasteiger partial charge is 0.467 e. The van der Waals surface area contributed by atoms with Gasteiger partial charge in [0.25, 0.3) is 0 Å². The summed E-state index contributed by atoms with van der Waals surface area (Å²) in [5.74, 6) is 0.945. The van der Waals surface area contributed by atoms with Crippen LogP contribution in [0.3, 0.4) is 0 Å². The highest BCUT2D eigenvalue weighted by Gasteiger charge is 2.34.